The van der Waals surface area contributed by atoms with E-state index in [1.54, 1.807) is 0 Å². The van der Waals surface area contributed by atoms with Crippen molar-refractivity contribution in [2.75, 3.05) is 0 Å². The van der Waals surface area contributed by atoms with Crippen molar-refractivity contribution in [3.05, 3.63) is 29.3 Å². The summed E-state index contributed by atoms with van der Waals surface area (Å²) in [6.07, 6.45) is 1.46. The van der Waals surface area contributed by atoms with E-state index in [0.29, 0.717) is 0 Å². The Kier molecular flexibility index (Phi) is 1.68. The number of fused-ring (bicyclic) bond motifs is 1. The lowest BCUT2D eigenvalue weighted by Crippen LogP contribution is -1.96. The van der Waals surface area contributed by atoms with Crippen molar-refractivity contribution in [3.63, 3.8) is 0 Å². The van der Waals surface area contributed by atoms with Gasteiger partial charge in [-0.05, 0) is 18.2 Å². The number of nitriles is 1. The van der Waals surface area contributed by atoms with Crippen molar-refractivity contribution >= 4 is 11.9 Å². The normalized spacial score (nSPS) is 13.1. The Balaban J connectivity index is 2.51. The van der Waals surface area contributed by atoms with Crippen molar-refractivity contribution in [2.24, 2.45) is 0 Å². The third kappa shape index (κ3) is 1.10. The number of hydrogen-bond acceptors (Lipinski definition) is 5. The van der Waals surface area contributed by atoms with Gasteiger partial charge in [-0.3, -0.25) is 0 Å². The van der Waals surface area contributed by atoms with Crippen LogP contribution in [0.5, 0.6) is 5.75 Å². The summed E-state index contributed by atoms with van der Waals surface area (Å²) >= 11 is 0. The van der Waals surface area contributed by atoms with Gasteiger partial charge in [0.2, 0.25) is 0 Å². The molecule has 0 fully saturated rings. The van der Waals surface area contributed by atoms with Crippen LogP contribution in [0, 0.1) is 11.5 Å². The molecule has 0 aliphatic carbocycles. The second-order valence-electron chi connectivity index (χ2n) is 2.58. The highest BCUT2D eigenvalue weighted by molar-refractivity contribution is 6.14. The first kappa shape index (κ1) is 8.26. The number of esters is 2. The fraction of sp³-hybridized carbons (Fsp3) is 0. The second-order valence-corrected chi connectivity index (χ2v) is 2.58. The molecule has 14 heavy (non-hydrogen) atoms. The van der Waals surface area contributed by atoms with Crippen LogP contribution in [-0.2, 0) is 4.74 Å². The molecule has 1 heterocycles. The van der Waals surface area contributed by atoms with E-state index >= 15 is 0 Å². The summed E-state index contributed by atoms with van der Waals surface area (Å²) in [5.74, 6) is -1.18. The highest BCUT2D eigenvalue weighted by Crippen LogP contribution is 2.24. The van der Waals surface area contributed by atoms with Crippen LogP contribution in [0.4, 0.5) is 0 Å². The second kappa shape index (κ2) is 2.85. The molecule has 1 aromatic rings. The van der Waals surface area contributed by atoms with Gasteiger partial charge in [0.25, 0.3) is 6.26 Å². The molecule has 1 aromatic carbocycles. The van der Waals surface area contributed by atoms with Gasteiger partial charge in [-0.15, -0.1) is 5.26 Å². The third-order valence-electron chi connectivity index (χ3n) is 1.78. The average Bonchev–Trinajstić information content (AvgIpc) is 2.43. The zero-order valence-electron chi connectivity index (χ0n) is 6.81. The number of carbonyl (C=O) groups is 2. The zero-order valence-corrected chi connectivity index (χ0v) is 6.81. The molecule has 2 rings (SSSR count). The van der Waals surface area contributed by atoms with Gasteiger partial charge in [-0.25, -0.2) is 9.59 Å². The van der Waals surface area contributed by atoms with Crippen molar-refractivity contribution in [1.82, 2.24) is 0 Å². The van der Waals surface area contributed by atoms with E-state index in [2.05, 4.69) is 9.47 Å². The molecule has 5 heteroatoms. The smallest absolute Gasteiger partial charge is 0.347 e. The van der Waals surface area contributed by atoms with Crippen LogP contribution in [0.15, 0.2) is 18.2 Å². The molecule has 5 nitrogen and oxygen atoms in total. The summed E-state index contributed by atoms with van der Waals surface area (Å²) in [5, 5.41) is 8.23. The lowest BCUT2D eigenvalue weighted by molar-refractivity contribution is 0.0443. The van der Waals surface area contributed by atoms with Crippen LogP contribution >= 0.6 is 0 Å². The maximum absolute atomic E-state index is 11.1. The third-order valence-corrected chi connectivity index (χ3v) is 1.78. The maximum Gasteiger partial charge on any atom is 0.347 e. The van der Waals surface area contributed by atoms with Crippen LogP contribution in [0.25, 0.3) is 0 Å². The molecule has 68 valence electrons. The van der Waals surface area contributed by atoms with Crippen molar-refractivity contribution < 1.29 is 19.1 Å². The minimum atomic E-state index is -0.714. The summed E-state index contributed by atoms with van der Waals surface area (Å²) in [7, 11) is 0. The number of nitrogens with zero attached hydrogens (tertiary/aromatic N) is 1. The van der Waals surface area contributed by atoms with Gasteiger partial charge < -0.3 is 9.47 Å². The fourth-order valence-electron chi connectivity index (χ4n) is 1.18. The molecule has 1 aliphatic heterocycles. The van der Waals surface area contributed by atoms with Crippen molar-refractivity contribution in [1.29, 1.82) is 5.26 Å². The molecule has 0 radical (unpaired) electrons. The standard InChI is InChI=1S/C9H3NO4/c10-4-13-5-1-2-6-7(3-5)9(12)14-8(6)11/h1-3H. The predicted molar refractivity (Wildman–Crippen MR) is 42.4 cm³/mol. The lowest BCUT2D eigenvalue weighted by Gasteiger charge is -1.95. The molecule has 1 aliphatic rings. The van der Waals surface area contributed by atoms with Gasteiger partial charge in [0, 0.05) is 0 Å². The number of cyclic esters (lactones) is 2. The van der Waals surface area contributed by atoms with E-state index in [1.165, 1.54) is 24.5 Å². The molecule has 0 amide bonds. The number of carbonyl (C=O) groups excluding carboxylic acids is 2. The van der Waals surface area contributed by atoms with Crippen LogP contribution in [0.1, 0.15) is 20.7 Å². The Morgan fingerprint density at radius 1 is 1.21 bits per heavy atom. The zero-order chi connectivity index (χ0) is 10.1. The first-order valence-corrected chi connectivity index (χ1v) is 3.69. The number of benzene rings is 1. The molecular formula is C9H3NO4. The summed E-state index contributed by atoms with van der Waals surface area (Å²) in [5.41, 5.74) is 0.322. The van der Waals surface area contributed by atoms with Crippen LogP contribution in [-0.4, -0.2) is 11.9 Å². The Bertz CT molecular complexity index is 472. The van der Waals surface area contributed by atoms with Crippen molar-refractivity contribution in [3.8, 4) is 12.0 Å². The van der Waals surface area contributed by atoms with Crippen LogP contribution < -0.4 is 4.74 Å². The van der Waals surface area contributed by atoms with Crippen LogP contribution in [0.2, 0.25) is 0 Å². The monoisotopic (exact) mass is 189 g/mol. The first-order chi connectivity index (χ1) is 6.72. The van der Waals surface area contributed by atoms with E-state index in [9.17, 15) is 9.59 Å². The summed E-state index contributed by atoms with van der Waals surface area (Å²) in [4.78, 5) is 22.0. The van der Waals surface area contributed by atoms with Gasteiger partial charge in [0.1, 0.15) is 5.75 Å². The highest BCUT2D eigenvalue weighted by Gasteiger charge is 2.29. The van der Waals surface area contributed by atoms with E-state index in [0.717, 1.165) is 0 Å². The summed E-state index contributed by atoms with van der Waals surface area (Å²) < 4.78 is 8.85. The van der Waals surface area contributed by atoms with Crippen molar-refractivity contribution in [2.45, 2.75) is 0 Å². The molecule has 0 unspecified atom stereocenters. The van der Waals surface area contributed by atoms with Crippen LogP contribution in [0.3, 0.4) is 0 Å². The van der Waals surface area contributed by atoms with Gasteiger partial charge in [-0.2, -0.15) is 0 Å². The number of rotatable bonds is 1. The van der Waals surface area contributed by atoms with E-state index in [-0.39, 0.29) is 16.9 Å². The lowest BCUT2D eigenvalue weighted by atomic mass is 10.1. The minimum absolute atomic E-state index is 0.128. The Morgan fingerprint density at radius 3 is 2.64 bits per heavy atom. The molecule has 0 spiro atoms. The average molecular weight is 189 g/mol. The summed E-state index contributed by atoms with van der Waals surface area (Å²) in [6, 6.07) is 4.10. The SMILES string of the molecule is N#COc1ccc2c(c1)C(=O)OC2=O. The number of hydrogen-bond donors (Lipinski definition) is 0. The van der Waals surface area contributed by atoms with E-state index < -0.39 is 11.9 Å². The fourth-order valence-corrected chi connectivity index (χ4v) is 1.18. The number of ether oxygens (including phenoxy) is 2. The van der Waals surface area contributed by atoms with Gasteiger partial charge in [-0.1, -0.05) is 0 Å². The van der Waals surface area contributed by atoms with E-state index in [4.69, 9.17) is 5.26 Å². The topological polar surface area (TPSA) is 76.4 Å². The minimum Gasteiger partial charge on any atom is -0.388 e. The predicted octanol–water partition coefficient (Wildman–Crippen LogP) is 0.857. The molecule has 0 bridgehead atoms. The molecule has 0 saturated carbocycles. The van der Waals surface area contributed by atoms with Gasteiger partial charge in [0.05, 0.1) is 11.1 Å². The quantitative estimate of drug-likeness (QED) is 0.372. The molecular weight excluding hydrogens is 186 g/mol. The Labute approximate surface area is 78.5 Å². The van der Waals surface area contributed by atoms with Gasteiger partial charge >= 0.3 is 11.9 Å². The molecule has 0 aromatic heterocycles. The molecule has 0 N–H and O–H groups in total. The maximum atomic E-state index is 11.1. The Morgan fingerprint density at radius 2 is 1.93 bits per heavy atom. The van der Waals surface area contributed by atoms with Gasteiger partial charge in [0.15, 0.2) is 0 Å². The molecule has 0 saturated heterocycles. The van der Waals surface area contributed by atoms with E-state index in [1.807, 2.05) is 0 Å². The largest absolute Gasteiger partial charge is 0.388 e. The summed E-state index contributed by atoms with van der Waals surface area (Å²) in [6.45, 7) is 0. The first-order valence-electron chi connectivity index (χ1n) is 3.69. The Hall–Kier alpha value is -2.35. The molecule has 0 atom stereocenters. The highest BCUT2D eigenvalue weighted by atomic mass is 16.6.